The van der Waals surface area contributed by atoms with Gasteiger partial charge in [-0.1, -0.05) is 93.7 Å². The second-order valence-electron chi connectivity index (χ2n) is 15.6. The lowest BCUT2D eigenvalue weighted by Gasteiger charge is -2.53. The Morgan fingerprint density at radius 2 is 1.64 bits per heavy atom. The zero-order valence-electron chi connectivity index (χ0n) is 34.8. The van der Waals surface area contributed by atoms with Crippen LogP contribution in [-0.2, 0) is 38.0 Å². The van der Waals surface area contributed by atoms with Crippen LogP contribution in [0, 0.1) is 17.3 Å². The summed E-state index contributed by atoms with van der Waals surface area (Å²) in [5.41, 5.74) is -0.194. The summed E-state index contributed by atoms with van der Waals surface area (Å²) < 4.78 is 35.3. The lowest BCUT2D eigenvalue weighted by Crippen LogP contribution is -2.70. The highest BCUT2D eigenvalue weighted by atomic mass is 16.7. The van der Waals surface area contributed by atoms with E-state index in [1.165, 1.54) is 13.2 Å². The van der Waals surface area contributed by atoms with Crippen molar-refractivity contribution < 1.29 is 68.6 Å². The maximum absolute atomic E-state index is 13.9. The van der Waals surface area contributed by atoms with Crippen molar-refractivity contribution in [2.24, 2.45) is 17.3 Å². The number of allylic oxidation sites excluding steroid dienone is 9. The highest BCUT2D eigenvalue weighted by molar-refractivity contribution is 5.80. The van der Waals surface area contributed by atoms with Crippen LogP contribution in [0.1, 0.15) is 54.4 Å². The maximum Gasteiger partial charge on any atom is 0.328 e. The van der Waals surface area contributed by atoms with E-state index >= 15 is 0 Å². The van der Waals surface area contributed by atoms with Crippen LogP contribution < -0.4 is 5.32 Å². The molecular weight excluding hydrogens is 754 g/mol. The fourth-order valence-electron chi connectivity index (χ4n) is 7.36. The SMILES string of the molecule is C/C=C\C=C\C1OC(O)(C(CO[C@@H]2C[C@@H](OC)[C@@H](O)[C@@H](C)O2)C(=O)NC/C=C/C=C(\C)C(OC)C(C)C2CC(O)C(/C=C/C=C/C=C/C(=O)O)O2)C(O)C(O)C1(C)C. The lowest BCUT2D eigenvalue weighted by atomic mass is 9.71. The molecule has 3 rings (SSSR count). The van der Waals surface area contributed by atoms with Gasteiger partial charge < -0.3 is 64.4 Å². The lowest BCUT2D eigenvalue weighted by molar-refractivity contribution is -0.366. The van der Waals surface area contributed by atoms with E-state index in [1.54, 1.807) is 88.6 Å². The number of aliphatic hydroxyl groups is 5. The number of carboxylic acid groups (broad SMARTS) is 1. The van der Waals surface area contributed by atoms with Crippen LogP contribution in [0.4, 0.5) is 0 Å². The van der Waals surface area contributed by atoms with Crippen LogP contribution in [0.3, 0.4) is 0 Å². The van der Waals surface area contributed by atoms with Crippen molar-refractivity contribution in [1.29, 1.82) is 0 Å². The summed E-state index contributed by atoms with van der Waals surface area (Å²) in [6, 6.07) is 0. The fraction of sp³-hybridized carbons (Fsp3) is 0.628. The molecule has 58 heavy (non-hydrogen) atoms. The molecule has 7 N–H and O–H groups in total. The van der Waals surface area contributed by atoms with Crippen LogP contribution in [0.2, 0.25) is 0 Å². The average Bonchev–Trinajstić information content (AvgIpc) is 3.55. The maximum atomic E-state index is 13.9. The van der Waals surface area contributed by atoms with Gasteiger partial charge in [0, 0.05) is 51.0 Å². The van der Waals surface area contributed by atoms with Gasteiger partial charge in [-0.15, -0.1) is 0 Å². The molecule has 10 unspecified atom stereocenters. The third-order valence-electron chi connectivity index (χ3n) is 11.1. The number of aliphatic carboxylic acids is 1. The highest BCUT2D eigenvalue weighted by Gasteiger charge is 2.61. The summed E-state index contributed by atoms with van der Waals surface area (Å²) in [6.07, 6.45) is 12.4. The molecule has 14 atom stereocenters. The molecule has 3 fully saturated rings. The number of carbonyl (C=O) groups excluding carboxylic acids is 1. The molecule has 3 aliphatic rings. The number of aliphatic hydroxyl groups excluding tert-OH is 4. The third kappa shape index (κ3) is 12.8. The van der Waals surface area contributed by atoms with Crippen molar-refractivity contribution in [2.45, 2.75) is 128 Å². The number of nitrogens with one attached hydrogen (secondary N) is 1. The predicted molar refractivity (Wildman–Crippen MR) is 215 cm³/mol. The molecule has 0 aromatic carbocycles. The van der Waals surface area contributed by atoms with Gasteiger partial charge in [-0.3, -0.25) is 4.79 Å². The number of hydrogen-bond acceptors (Lipinski definition) is 13. The Labute approximate surface area is 342 Å². The Hall–Kier alpha value is -3.32. The van der Waals surface area contributed by atoms with E-state index in [0.717, 1.165) is 11.6 Å². The number of carbonyl (C=O) groups is 2. The zero-order chi connectivity index (χ0) is 43.2. The smallest absolute Gasteiger partial charge is 0.328 e. The second-order valence-corrected chi connectivity index (χ2v) is 15.6. The first-order valence-corrected chi connectivity index (χ1v) is 19.7. The van der Waals surface area contributed by atoms with Crippen LogP contribution in [-0.4, -0.2) is 143 Å². The second kappa shape index (κ2) is 22.9. The minimum Gasteiger partial charge on any atom is -0.478 e. The van der Waals surface area contributed by atoms with Crippen molar-refractivity contribution in [1.82, 2.24) is 5.32 Å². The number of carboxylic acids is 1. The molecule has 0 aliphatic carbocycles. The molecule has 326 valence electrons. The molecule has 3 aliphatic heterocycles. The van der Waals surface area contributed by atoms with E-state index in [0.29, 0.717) is 6.42 Å². The standard InChI is InChI=1S/C43H65NO14/c1-9-10-13-20-34-42(5,6)39(49)40(50)43(52,58-34)29(25-55-36-24-33(53-7)37(48)28(4)56-36)41(51)44-22-17-16-18-26(2)38(54-8)27(3)32-23-30(45)31(57-32)19-14-11-12-15-21-35(46)47/h9-21,27-34,36-40,45,48-50,52H,22-25H2,1-8H3,(H,44,51)(H,46,47)/b10-9-,12-11+,17-16+,19-14+,20-13+,21-15+,26-18+/t27?,28-,29?,30?,31?,32?,33-,34?,36+,37+,38?,39?,40?,43?/m1/s1. The molecule has 0 saturated carbocycles. The van der Waals surface area contributed by atoms with Crippen molar-refractivity contribution >= 4 is 11.9 Å². The van der Waals surface area contributed by atoms with Crippen molar-refractivity contribution in [3.05, 3.63) is 84.6 Å². The molecule has 0 bridgehead atoms. The van der Waals surface area contributed by atoms with Crippen LogP contribution in [0.25, 0.3) is 0 Å². The third-order valence-corrected chi connectivity index (χ3v) is 11.1. The fourth-order valence-corrected chi connectivity index (χ4v) is 7.36. The first kappa shape index (κ1) is 49.0. The summed E-state index contributed by atoms with van der Waals surface area (Å²) >= 11 is 0. The molecule has 0 aromatic rings. The molecule has 3 saturated heterocycles. The summed E-state index contributed by atoms with van der Waals surface area (Å²) in [5, 5.41) is 67.1. The van der Waals surface area contributed by atoms with Crippen molar-refractivity contribution in [3.8, 4) is 0 Å². The first-order valence-electron chi connectivity index (χ1n) is 19.7. The van der Waals surface area contributed by atoms with Gasteiger partial charge in [-0.05, 0) is 26.3 Å². The Bertz CT molecular complexity index is 1540. The van der Waals surface area contributed by atoms with Crippen LogP contribution in [0.5, 0.6) is 0 Å². The van der Waals surface area contributed by atoms with E-state index in [2.05, 4.69) is 5.32 Å². The summed E-state index contributed by atoms with van der Waals surface area (Å²) in [6.45, 7) is 10.3. The number of rotatable bonds is 19. The van der Waals surface area contributed by atoms with E-state index in [1.807, 2.05) is 26.8 Å². The van der Waals surface area contributed by atoms with Crippen molar-refractivity contribution in [3.63, 3.8) is 0 Å². The van der Waals surface area contributed by atoms with Gasteiger partial charge in [0.2, 0.25) is 11.7 Å². The first-order chi connectivity index (χ1) is 27.4. The molecule has 1 amide bonds. The van der Waals surface area contributed by atoms with E-state index in [4.69, 9.17) is 33.5 Å². The van der Waals surface area contributed by atoms with Crippen molar-refractivity contribution in [2.75, 3.05) is 27.4 Å². The summed E-state index contributed by atoms with van der Waals surface area (Å²) in [5.74, 6) is -6.05. The Balaban J connectivity index is 1.73. The van der Waals surface area contributed by atoms with Gasteiger partial charge >= 0.3 is 5.97 Å². The van der Waals surface area contributed by atoms with Gasteiger partial charge in [-0.25, -0.2) is 4.79 Å². The van der Waals surface area contributed by atoms with E-state index in [9.17, 15) is 35.1 Å². The minimum atomic E-state index is -2.59. The Morgan fingerprint density at radius 1 is 0.948 bits per heavy atom. The number of methoxy groups -OCH3 is 2. The summed E-state index contributed by atoms with van der Waals surface area (Å²) in [7, 11) is 3.04. The van der Waals surface area contributed by atoms with Crippen LogP contribution >= 0.6 is 0 Å². The average molecular weight is 820 g/mol. The molecule has 0 radical (unpaired) electrons. The van der Waals surface area contributed by atoms with Gasteiger partial charge in [0.15, 0.2) is 6.29 Å². The Morgan fingerprint density at radius 3 is 2.29 bits per heavy atom. The zero-order valence-corrected chi connectivity index (χ0v) is 34.8. The summed E-state index contributed by atoms with van der Waals surface area (Å²) in [4.78, 5) is 24.5. The molecule has 0 aromatic heterocycles. The number of ether oxygens (including phenoxy) is 6. The van der Waals surface area contributed by atoms with E-state index < -0.39 is 90.7 Å². The normalized spacial score (nSPS) is 35.2. The number of amides is 1. The largest absolute Gasteiger partial charge is 0.478 e. The van der Waals surface area contributed by atoms with Gasteiger partial charge in [0.1, 0.15) is 24.2 Å². The number of hydrogen-bond donors (Lipinski definition) is 7. The van der Waals surface area contributed by atoms with Gasteiger partial charge in [0.25, 0.3) is 0 Å². The van der Waals surface area contributed by atoms with Gasteiger partial charge in [0.05, 0.1) is 49.3 Å². The van der Waals surface area contributed by atoms with Gasteiger partial charge in [-0.2, -0.15) is 0 Å². The predicted octanol–water partition coefficient (Wildman–Crippen LogP) is 2.64. The van der Waals surface area contributed by atoms with Crippen LogP contribution in [0.15, 0.2) is 84.6 Å². The van der Waals surface area contributed by atoms with E-state index in [-0.39, 0.29) is 31.1 Å². The topological polar surface area (TPSA) is 223 Å². The molecule has 15 nitrogen and oxygen atoms in total. The highest BCUT2D eigenvalue weighted by Crippen LogP contribution is 2.44. The monoisotopic (exact) mass is 819 g/mol. The molecule has 3 heterocycles. The Kier molecular flexibility index (Phi) is 19.4. The minimum absolute atomic E-state index is 0.0125. The molecular formula is C43H65NO14. The quantitative estimate of drug-likeness (QED) is 0.0736. The molecule has 0 spiro atoms. The molecule has 15 heteroatoms.